The van der Waals surface area contributed by atoms with E-state index in [9.17, 15) is 25.1 Å². The normalized spacial score (nSPS) is 13.6. The molecular formula is C12H16N2O6. The summed E-state index contributed by atoms with van der Waals surface area (Å²) in [5, 5.41) is 30.6. The maximum absolute atomic E-state index is 11.1. The SMILES string of the molecule is COC(=O)CC(O)C(O)c1cc(C)cc([N+](=O)[O-])c1N. The zero-order valence-electron chi connectivity index (χ0n) is 11.1. The molecule has 0 heterocycles. The van der Waals surface area contributed by atoms with Crippen LogP contribution >= 0.6 is 0 Å². The number of nitrogens with zero attached hydrogens (tertiary/aromatic N) is 1. The minimum absolute atomic E-state index is 0.00750. The topological polar surface area (TPSA) is 136 Å². The van der Waals surface area contributed by atoms with E-state index in [1.165, 1.54) is 12.1 Å². The van der Waals surface area contributed by atoms with Crippen LogP contribution in [0.1, 0.15) is 23.7 Å². The predicted molar refractivity (Wildman–Crippen MR) is 69.8 cm³/mol. The lowest BCUT2D eigenvalue weighted by Gasteiger charge is -2.19. The minimum atomic E-state index is -1.52. The second-order valence-corrected chi connectivity index (χ2v) is 4.34. The Kier molecular flexibility index (Phi) is 5.00. The van der Waals surface area contributed by atoms with Crippen molar-refractivity contribution in [1.29, 1.82) is 0 Å². The maximum atomic E-state index is 11.1. The van der Waals surface area contributed by atoms with Gasteiger partial charge in [-0.2, -0.15) is 0 Å². The molecule has 8 heteroatoms. The number of carbonyl (C=O) groups excluding carboxylic acids is 1. The van der Waals surface area contributed by atoms with Gasteiger partial charge in [-0.3, -0.25) is 14.9 Å². The number of benzene rings is 1. The fraction of sp³-hybridized carbons (Fsp3) is 0.417. The number of hydrogen-bond donors (Lipinski definition) is 3. The Labute approximate surface area is 114 Å². The first-order chi connectivity index (χ1) is 9.27. The van der Waals surface area contributed by atoms with Gasteiger partial charge in [0.2, 0.25) is 0 Å². The lowest BCUT2D eigenvalue weighted by atomic mass is 9.97. The maximum Gasteiger partial charge on any atom is 0.308 e. The van der Waals surface area contributed by atoms with Gasteiger partial charge in [-0.05, 0) is 12.5 Å². The summed E-state index contributed by atoms with van der Waals surface area (Å²) in [5.41, 5.74) is 5.54. The zero-order chi connectivity index (χ0) is 15.4. The largest absolute Gasteiger partial charge is 0.469 e. The van der Waals surface area contributed by atoms with Gasteiger partial charge in [0.1, 0.15) is 11.8 Å². The highest BCUT2D eigenvalue weighted by Crippen LogP contribution is 2.33. The molecule has 0 saturated heterocycles. The third kappa shape index (κ3) is 3.43. The first kappa shape index (κ1) is 15.9. The van der Waals surface area contributed by atoms with E-state index in [2.05, 4.69) is 4.74 Å². The van der Waals surface area contributed by atoms with Gasteiger partial charge in [-0.25, -0.2) is 0 Å². The minimum Gasteiger partial charge on any atom is -0.469 e. The van der Waals surface area contributed by atoms with Gasteiger partial charge >= 0.3 is 5.97 Å². The Hall–Kier alpha value is -2.19. The molecule has 0 bridgehead atoms. The summed E-state index contributed by atoms with van der Waals surface area (Å²) < 4.78 is 4.37. The van der Waals surface area contributed by atoms with Crippen LogP contribution in [0.25, 0.3) is 0 Å². The molecule has 0 aliphatic heterocycles. The van der Waals surface area contributed by atoms with Gasteiger partial charge < -0.3 is 20.7 Å². The number of nitrogens with two attached hydrogens (primary N) is 1. The van der Waals surface area contributed by atoms with Crippen LogP contribution in [0, 0.1) is 17.0 Å². The van der Waals surface area contributed by atoms with Crippen LogP contribution in [0.2, 0.25) is 0 Å². The van der Waals surface area contributed by atoms with Crippen molar-refractivity contribution in [2.24, 2.45) is 0 Å². The summed E-state index contributed by atoms with van der Waals surface area (Å²) in [6.45, 7) is 1.59. The van der Waals surface area contributed by atoms with Crippen LogP contribution in [0.4, 0.5) is 11.4 Å². The number of methoxy groups -OCH3 is 1. The predicted octanol–water partition coefficient (Wildman–Crippen LogP) is 0.443. The van der Waals surface area contributed by atoms with Crippen LogP contribution in [-0.2, 0) is 9.53 Å². The second kappa shape index (κ2) is 6.31. The molecule has 2 unspecified atom stereocenters. The second-order valence-electron chi connectivity index (χ2n) is 4.34. The molecule has 0 fully saturated rings. The van der Waals surface area contributed by atoms with E-state index in [-0.39, 0.29) is 16.9 Å². The quantitative estimate of drug-likeness (QED) is 0.309. The average molecular weight is 284 g/mol. The van der Waals surface area contributed by atoms with E-state index < -0.39 is 29.5 Å². The number of aliphatic hydroxyl groups excluding tert-OH is 2. The van der Waals surface area contributed by atoms with Crippen LogP contribution < -0.4 is 5.73 Å². The van der Waals surface area contributed by atoms with E-state index >= 15 is 0 Å². The van der Waals surface area contributed by atoms with E-state index in [0.29, 0.717) is 5.56 Å². The highest BCUT2D eigenvalue weighted by molar-refractivity contribution is 5.70. The molecule has 1 aromatic carbocycles. The van der Waals surface area contributed by atoms with Crippen molar-refractivity contribution in [1.82, 2.24) is 0 Å². The van der Waals surface area contributed by atoms with Crippen LogP contribution in [-0.4, -0.2) is 34.3 Å². The number of rotatable bonds is 5. The van der Waals surface area contributed by atoms with Gasteiger partial charge in [0.25, 0.3) is 5.69 Å². The molecule has 8 nitrogen and oxygen atoms in total. The van der Waals surface area contributed by atoms with E-state index in [1.807, 2.05) is 0 Å². The van der Waals surface area contributed by atoms with Gasteiger partial charge in [0, 0.05) is 11.6 Å². The summed E-state index contributed by atoms with van der Waals surface area (Å²) in [6.07, 6.45) is -3.43. The number of aryl methyl sites for hydroxylation is 1. The molecular weight excluding hydrogens is 268 g/mol. The van der Waals surface area contributed by atoms with Gasteiger partial charge in [-0.1, -0.05) is 6.07 Å². The van der Waals surface area contributed by atoms with Crippen molar-refractivity contribution in [3.05, 3.63) is 33.4 Å². The molecule has 20 heavy (non-hydrogen) atoms. The monoisotopic (exact) mass is 284 g/mol. The Balaban J connectivity index is 3.12. The standard InChI is InChI=1S/C12H16N2O6/c1-6-3-7(11(13)8(4-6)14(18)19)12(17)9(15)5-10(16)20-2/h3-4,9,12,15,17H,5,13H2,1-2H3. The zero-order valence-corrected chi connectivity index (χ0v) is 11.1. The fourth-order valence-corrected chi connectivity index (χ4v) is 1.77. The van der Waals surface area contributed by atoms with Crippen LogP contribution in [0.3, 0.4) is 0 Å². The van der Waals surface area contributed by atoms with Crippen molar-refractivity contribution in [2.45, 2.75) is 25.6 Å². The summed E-state index contributed by atoms with van der Waals surface area (Å²) in [7, 11) is 1.15. The number of aliphatic hydroxyl groups is 2. The lowest BCUT2D eigenvalue weighted by Crippen LogP contribution is -2.23. The molecule has 0 radical (unpaired) electrons. The highest BCUT2D eigenvalue weighted by Gasteiger charge is 2.27. The van der Waals surface area contributed by atoms with Crippen molar-refractivity contribution in [3.8, 4) is 0 Å². The molecule has 0 aliphatic carbocycles. The van der Waals surface area contributed by atoms with Crippen LogP contribution in [0.15, 0.2) is 12.1 Å². The van der Waals surface area contributed by atoms with Gasteiger partial charge in [0.15, 0.2) is 0 Å². The third-order valence-electron chi connectivity index (χ3n) is 2.82. The van der Waals surface area contributed by atoms with E-state index in [0.717, 1.165) is 7.11 Å². The Morgan fingerprint density at radius 3 is 2.60 bits per heavy atom. The highest BCUT2D eigenvalue weighted by atomic mass is 16.6. The van der Waals surface area contributed by atoms with E-state index in [4.69, 9.17) is 5.73 Å². The van der Waals surface area contributed by atoms with Crippen molar-refractivity contribution in [2.75, 3.05) is 12.8 Å². The van der Waals surface area contributed by atoms with Crippen molar-refractivity contribution >= 4 is 17.3 Å². The molecule has 2 atom stereocenters. The van der Waals surface area contributed by atoms with Gasteiger partial charge in [-0.15, -0.1) is 0 Å². The molecule has 0 amide bonds. The molecule has 110 valence electrons. The van der Waals surface area contributed by atoms with Crippen molar-refractivity contribution < 1.29 is 24.7 Å². The molecule has 0 spiro atoms. The van der Waals surface area contributed by atoms with Crippen molar-refractivity contribution in [3.63, 3.8) is 0 Å². The fourth-order valence-electron chi connectivity index (χ4n) is 1.77. The summed E-state index contributed by atoms with van der Waals surface area (Å²) in [6, 6.07) is 2.69. The summed E-state index contributed by atoms with van der Waals surface area (Å²) in [5.74, 6) is -0.711. The molecule has 0 aliphatic rings. The van der Waals surface area contributed by atoms with Gasteiger partial charge in [0.05, 0.1) is 24.6 Å². The molecule has 0 aromatic heterocycles. The number of hydrogen-bond acceptors (Lipinski definition) is 7. The Morgan fingerprint density at radius 2 is 2.10 bits per heavy atom. The smallest absolute Gasteiger partial charge is 0.308 e. The molecule has 0 saturated carbocycles. The Bertz CT molecular complexity index is 531. The first-order valence-electron chi connectivity index (χ1n) is 5.75. The number of carbonyl (C=O) groups is 1. The number of nitrogen functional groups attached to an aromatic ring is 1. The molecule has 4 N–H and O–H groups in total. The number of nitro benzene ring substituents is 1. The average Bonchev–Trinajstić information content (AvgIpc) is 2.39. The molecule has 1 aromatic rings. The third-order valence-corrected chi connectivity index (χ3v) is 2.82. The lowest BCUT2D eigenvalue weighted by molar-refractivity contribution is -0.384. The summed E-state index contributed by atoms with van der Waals surface area (Å²) in [4.78, 5) is 21.2. The Morgan fingerprint density at radius 1 is 1.50 bits per heavy atom. The number of nitro groups is 1. The summed E-state index contributed by atoms with van der Waals surface area (Å²) >= 11 is 0. The number of ether oxygens (including phenoxy) is 1. The molecule has 1 rings (SSSR count). The number of esters is 1. The first-order valence-corrected chi connectivity index (χ1v) is 5.75. The number of anilines is 1. The van der Waals surface area contributed by atoms with Crippen LogP contribution in [0.5, 0.6) is 0 Å². The van der Waals surface area contributed by atoms with E-state index in [1.54, 1.807) is 6.92 Å².